The van der Waals surface area contributed by atoms with Crippen molar-refractivity contribution >= 4 is 5.91 Å². The number of benzene rings is 1. The van der Waals surface area contributed by atoms with Gasteiger partial charge in [-0.05, 0) is 29.8 Å². The Morgan fingerprint density at radius 3 is 2.72 bits per heavy atom. The average molecular weight is 339 g/mol. The molecule has 0 saturated carbocycles. The zero-order chi connectivity index (χ0) is 17.6. The van der Waals surface area contributed by atoms with E-state index in [-0.39, 0.29) is 11.6 Å². The number of carbonyl (C=O) groups is 1. The summed E-state index contributed by atoms with van der Waals surface area (Å²) >= 11 is 0. The highest BCUT2D eigenvalue weighted by Gasteiger charge is 2.14. The van der Waals surface area contributed by atoms with Gasteiger partial charge in [-0.15, -0.1) is 0 Å². The Morgan fingerprint density at radius 1 is 1.16 bits per heavy atom. The van der Waals surface area contributed by atoms with E-state index in [9.17, 15) is 4.79 Å². The number of rotatable bonds is 6. The van der Waals surface area contributed by atoms with Gasteiger partial charge in [-0.1, -0.05) is 11.2 Å². The third-order valence-corrected chi connectivity index (χ3v) is 3.59. The molecule has 0 radical (unpaired) electrons. The molecule has 2 aromatic heterocycles. The molecule has 0 bridgehead atoms. The van der Waals surface area contributed by atoms with Gasteiger partial charge in [0.25, 0.3) is 5.91 Å². The maximum Gasteiger partial charge on any atom is 0.273 e. The van der Waals surface area contributed by atoms with Gasteiger partial charge in [0.2, 0.25) is 0 Å². The fourth-order valence-electron chi connectivity index (χ4n) is 2.29. The number of nitrogens with zero attached hydrogens (tertiary/aromatic N) is 2. The van der Waals surface area contributed by atoms with Gasteiger partial charge >= 0.3 is 0 Å². The fourth-order valence-corrected chi connectivity index (χ4v) is 2.29. The highest BCUT2D eigenvalue weighted by molar-refractivity contribution is 5.93. The van der Waals surface area contributed by atoms with Crippen molar-refractivity contribution < 1.29 is 18.8 Å². The van der Waals surface area contributed by atoms with Crippen LogP contribution in [0.1, 0.15) is 16.1 Å². The average Bonchev–Trinajstić information content (AvgIpc) is 3.17. The molecule has 0 aliphatic rings. The van der Waals surface area contributed by atoms with Crippen molar-refractivity contribution in [2.24, 2.45) is 0 Å². The minimum Gasteiger partial charge on any atom is -0.493 e. The second kappa shape index (κ2) is 7.48. The molecule has 0 aliphatic carbocycles. The van der Waals surface area contributed by atoms with E-state index >= 15 is 0 Å². The van der Waals surface area contributed by atoms with Gasteiger partial charge in [-0.3, -0.25) is 9.78 Å². The molecule has 1 amide bonds. The Kier molecular flexibility index (Phi) is 4.94. The van der Waals surface area contributed by atoms with E-state index in [0.29, 0.717) is 23.8 Å². The van der Waals surface area contributed by atoms with E-state index in [0.717, 1.165) is 11.1 Å². The van der Waals surface area contributed by atoms with E-state index in [1.165, 1.54) is 0 Å². The van der Waals surface area contributed by atoms with Crippen LogP contribution in [0.5, 0.6) is 11.5 Å². The monoisotopic (exact) mass is 339 g/mol. The molecule has 0 fully saturated rings. The lowest BCUT2D eigenvalue weighted by Gasteiger charge is -2.09. The van der Waals surface area contributed by atoms with Crippen LogP contribution in [0.2, 0.25) is 0 Å². The van der Waals surface area contributed by atoms with E-state index < -0.39 is 0 Å². The molecule has 2 heterocycles. The second-order valence-corrected chi connectivity index (χ2v) is 5.19. The molecule has 0 saturated heterocycles. The Labute approximate surface area is 144 Å². The van der Waals surface area contributed by atoms with Crippen molar-refractivity contribution in [1.82, 2.24) is 15.5 Å². The van der Waals surface area contributed by atoms with Crippen molar-refractivity contribution in [3.05, 3.63) is 60.0 Å². The maximum atomic E-state index is 12.2. The zero-order valence-corrected chi connectivity index (χ0v) is 13.9. The molecule has 0 unspecified atom stereocenters. The van der Waals surface area contributed by atoms with Crippen molar-refractivity contribution in [1.29, 1.82) is 0 Å². The smallest absolute Gasteiger partial charge is 0.273 e. The van der Waals surface area contributed by atoms with Crippen LogP contribution in [0.15, 0.2) is 53.3 Å². The van der Waals surface area contributed by atoms with Crippen molar-refractivity contribution in [3.8, 4) is 22.8 Å². The van der Waals surface area contributed by atoms with Crippen molar-refractivity contribution in [3.63, 3.8) is 0 Å². The predicted octanol–water partition coefficient (Wildman–Crippen LogP) is 2.68. The van der Waals surface area contributed by atoms with Crippen LogP contribution in [-0.4, -0.2) is 30.3 Å². The number of hydrogen-bond donors (Lipinski definition) is 1. The summed E-state index contributed by atoms with van der Waals surface area (Å²) in [5.41, 5.74) is 1.84. The van der Waals surface area contributed by atoms with E-state index in [4.69, 9.17) is 14.0 Å². The number of aromatic nitrogens is 2. The minimum absolute atomic E-state index is 0.208. The number of nitrogens with one attached hydrogen (secondary N) is 1. The summed E-state index contributed by atoms with van der Waals surface area (Å²) in [6.07, 6.45) is 3.31. The van der Waals surface area contributed by atoms with Crippen molar-refractivity contribution in [2.45, 2.75) is 6.54 Å². The SMILES string of the molecule is COc1ccc(CNC(=O)c2cc(-c3cccnc3)on2)cc1OC. The summed E-state index contributed by atoms with van der Waals surface area (Å²) in [5.74, 6) is 1.41. The normalized spacial score (nSPS) is 10.3. The van der Waals surface area contributed by atoms with Crippen LogP contribution < -0.4 is 14.8 Å². The number of ether oxygens (including phenoxy) is 2. The van der Waals surface area contributed by atoms with Crippen LogP contribution in [0.4, 0.5) is 0 Å². The van der Waals surface area contributed by atoms with E-state index in [1.807, 2.05) is 18.2 Å². The van der Waals surface area contributed by atoms with Crippen molar-refractivity contribution in [2.75, 3.05) is 14.2 Å². The summed E-state index contributed by atoms with van der Waals surface area (Å²) in [7, 11) is 3.14. The van der Waals surface area contributed by atoms with Gasteiger partial charge in [0.1, 0.15) is 0 Å². The van der Waals surface area contributed by atoms with E-state index in [2.05, 4.69) is 15.5 Å². The van der Waals surface area contributed by atoms with Crippen LogP contribution in [0.25, 0.3) is 11.3 Å². The lowest BCUT2D eigenvalue weighted by atomic mass is 10.2. The lowest BCUT2D eigenvalue weighted by molar-refractivity contribution is 0.0942. The zero-order valence-electron chi connectivity index (χ0n) is 13.9. The molecular weight excluding hydrogens is 322 g/mol. The highest BCUT2D eigenvalue weighted by atomic mass is 16.5. The number of hydrogen-bond acceptors (Lipinski definition) is 6. The first-order valence-electron chi connectivity index (χ1n) is 7.57. The third kappa shape index (κ3) is 3.77. The number of carbonyl (C=O) groups excluding carboxylic acids is 1. The number of pyridine rings is 1. The van der Waals surface area contributed by atoms with Gasteiger partial charge in [-0.25, -0.2) is 0 Å². The first kappa shape index (κ1) is 16.5. The molecule has 7 heteroatoms. The molecule has 128 valence electrons. The van der Waals surface area contributed by atoms with Crippen LogP contribution in [-0.2, 0) is 6.54 Å². The Bertz CT molecular complexity index is 862. The molecule has 25 heavy (non-hydrogen) atoms. The van der Waals surface area contributed by atoms with Gasteiger partial charge in [0.05, 0.1) is 14.2 Å². The highest BCUT2D eigenvalue weighted by Crippen LogP contribution is 2.27. The standard InChI is InChI=1S/C18H17N3O4/c1-23-15-6-5-12(8-17(15)24-2)10-20-18(22)14-9-16(25-21-14)13-4-3-7-19-11-13/h3-9,11H,10H2,1-2H3,(H,20,22). The Balaban J connectivity index is 1.66. The Morgan fingerprint density at radius 2 is 2.00 bits per heavy atom. The Hall–Kier alpha value is -3.35. The summed E-state index contributed by atoms with van der Waals surface area (Å²) in [6.45, 7) is 0.328. The first-order valence-corrected chi connectivity index (χ1v) is 7.57. The minimum atomic E-state index is -0.325. The molecule has 7 nitrogen and oxygen atoms in total. The molecular formula is C18H17N3O4. The molecule has 0 atom stereocenters. The predicted molar refractivity (Wildman–Crippen MR) is 90.5 cm³/mol. The molecule has 1 aromatic carbocycles. The summed E-state index contributed by atoms with van der Waals surface area (Å²) < 4.78 is 15.6. The van der Waals surface area contributed by atoms with Crippen LogP contribution >= 0.6 is 0 Å². The van der Waals surface area contributed by atoms with Gasteiger partial charge in [0.15, 0.2) is 23.0 Å². The largest absolute Gasteiger partial charge is 0.493 e. The number of methoxy groups -OCH3 is 2. The van der Waals surface area contributed by atoms with Gasteiger partial charge < -0.3 is 19.3 Å². The topological polar surface area (TPSA) is 86.5 Å². The lowest BCUT2D eigenvalue weighted by Crippen LogP contribution is -2.23. The molecule has 0 aliphatic heterocycles. The molecule has 0 spiro atoms. The third-order valence-electron chi connectivity index (χ3n) is 3.59. The van der Waals surface area contributed by atoms with Crippen LogP contribution in [0.3, 0.4) is 0 Å². The number of amides is 1. The maximum absolute atomic E-state index is 12.2. The summed E-state index contributed by atoms with van der Waals surface area (Å²) in [4.78, 5) is 16.2. The summed E-state index contributed by atoms with van der Waals surface area (Å²) in [6, 6.07) is 10.7. The van der Waals surface area contributed by atoms with Gasteiger partial charge in [0, 0.05) is 30.6 Å². The fraction of sp³-hybridized carbons (Fsp3) is 0.167. The van der Waals surface area contributed by atoms with Crippen LogP contribution in [0, 0.1) is 0 Å². The first-order chi connectivity index (χ1) is 12.2. The van der Waals surface area contributed by atoms with Gasteiger partial charge in [-0.2, -0.15) is 0 Å². The quantitative estimate of drug-likeness (QED) is 0.743. The molecule has 3 rings (SSSR count). The molecule has 1 N–H and O–H groups in total. The van der Waals surface area contributed by atoms with E-state index in [1.54, 1.807) is 44.8 Å². The summed E-state index contributed by atoms with van der Waals surface area (Å²) in [5, 5.41) is 6.60. The molecule has 3 aromatic rings. The second-order valence-electron chi connectivity index (χ2n) is 5.19.